The van der Waals surface area contributed by atoms with Crippen molar-refractivity contribution >= 4 is 43.4 Å². The van der Waals surface area contributed by atoms with Crippen molar-refractivity contribution in [1.29, 1.82) is 0 Å². The molecule has 10 rings (SSSR count). The van der Waals surface area contributed by atoms with Crippen LogP contribution in [-0.4, -0.2) is 9.55 Å². The highest BCUT2D eigenvalue weighted by Gasteiger charge is 2.37. The molecule has 2 aromatic heterocycles. The summed E-state index contributed by atoms with van der Waals surface area (Å²) in [6, 6.07) is 55.4. The largest absolute Gasteiger partial charge is 0.294 e. The van der Waals surface area contributed by atoms with Gasteiger partial charge in [0.2, 0.25) is 0 Å². The lowest BCUT2D eigenvalue weighted by atomic mass is 9.81. The number of benzene rings is 7. The van der Waals surface area contributed by atoms with E-state index < -0.39 is 0 Å². The summed E-state index contributed by atoms with van der Waals surface area (Å²) in [5, 5.41) is 7.60. The average molecular weight is 613 g/mol. The van der Waals surface area contributed by atoms with Gasteiger partial charge in [0.1, 0.15) is 5.82 Å². The Morgan fingerprint density at radius 1 is 0.479 bits per heavy atom. The van der Waals surface area contributed by atoms with Gasteiger partial charge in [0, 0.05) is 27.9 Å². The van der Waals surface area contributed by atoms with Gasteiger partial charge in [-0.25, -0.2) is 4.98 Å². The summed E-state index contributed by atoms with van der Waals surface area (Å²) in [5.41, 5.74) is 12.6. The topological polar surface area (TPSA) is 17.8 Å². The molecule has 2 heteroatoms. The van der Waals surface area contributed by atoms with Crippen LogP contribution in [0.3, 0.4) is 0 Å². The minimum Gasteiger partial charge on any atom is -0.294 e. The number of hydrogen-bond donors (Lipinski definition) is 0. The first-order valence-corrected chi connectivity index (χ1v) is 16.7. The fourth-order valence-corrected chi connectivity index (χ4v) is 8.31. The highest BCUT2D eigenvalue weighted by Crippen LogP contribution is 2.54. The first kappa shape index (κ1) is 27.2. The Hall–Kier alpha value is -5.99. The molecule has 0 fully saturated rings. The van der Waals surface area contributed by atoms with Gasteiger partial charge in [0.25, 0.3) is 0 Å². The van der Waals surface area contributed by atoms with E-state index in [-0.39, 0.29) is 5.41 Å². The first-order valence-electron chi connectivity index (χ1n) is 16.7. The van der Waals surface area contributed by atoms with Gasteiger partial charge in [0.15, 0.2) is 0 Å². The summed E-state index contributed by atoms with van der Waals surface area (Å²) < 4.78 is 2.33. The molecule has 0 atom stereocenters. The second-order valence-electron chi connectivity index (χ2n) is 13.6. The molecule has 0 bridgehead atoms. The zero-order valence-electron chi connectivity index (χ0n) is 26.9. The molecule has 0 spiro atoms. The maximum absolute atomic E-state index is 5.04. The van der Waals surface area contributed by atoms with E-state index in [2.05, 4.69) is 164 Å². The molecular formula is C46H32N2. The normalized spacial score (nSPS) is 13.4. The van der Waals surface area contributed by atoms with Crippen molar-refractivity contribution in [1.82, 2.24) is 9.55 Å². The predicted octanol–water partition coefficient (Wildman–Crippen LogP) is 12.1. The van der Waals surface area contributed by atoms with Crippen LogP contribution >= 0.6 is 0 Å². The fourth-order valence-electron chi connectivity index (χ4n) is 8.31. The molecule has 0 amide bonds. The van der Waals surface area contributed by atoms with Crippen molar-refractivity contribution in [3.63, 3.8) is 0 Å². The number of rotatable bonds is 3. The SMILES string of the molecule is CC1(C)c2cccc(-c3ccc4c(c3)c3c5ccccc5ccc3n4-c3ccc(-c4ccccc4)cn3)c2-c2c1ccc1ccccc21. The van der Waals surface area contributed by atoms with Crippen LogP contribution in [0, 0.1) is 0 Å². The van der Waals surface area contributed by atoms with Crippen LogP contribution in [0.15, 0.2) is 158 Å². The van der Waals surface area contributed by atoms with E-state index in [0.29, 0.717) is 0 Å². The summed E-state index contributed by atoms with van der Waals surface area (Å²) in [5.74, 6) is 0.917. The van der Waals surface area contributed by atoms with Crippen LogP contribution in [0.25, 0.3) is 82.5 Å². The third kappa shape index (κ3) is 3.77. The zero-order chi connectivity index (χ0) is 32.0. The molecule has 2 nitrogen and oxygen atoms in total. The Morgan fingerprint density at radius 3 is 1.98 bits per heavy atom. The molecule has 1 aliphatic carbocycles. The molecular weight excluding hydrogens is 581 g/mol. The van der Waals surface area contributed by atoms with Crippen LogP contribution in [-0.2, 0) is 5.41 Å². The molecule has 0 radical (unpaired) electrons. The third-order valence-electron chi connectivity index (χ3n) is 10.6. The van der Waals surface area contributed by atoms with Crippen molar-refractivity contribution in [2.45, 2.75) is 19.3 Å². The highest BCUT2D eigenvalue weighted by atomic mass is 15.1. The van der Waals surface area contributed by atoms with Crippen LogP contribution in [0.1, 0.15) is 25.0 Å². The summed E-state index contributed by atoms with van der Waals surface area (Å²) in [7, 11) is 0. The Morgan fingerprint density at radius 2 is 1.17 bits per heavy atom. The molecule has 1 aliphatic rings. The van der Waals surface area contributed by atoms with Crippen molar-refractivity contribution < 1.29 is 0 Å². The van der Waals surface area contributed by atoms with Gasteiger partial charge < -0.3 is 0 Å². The van der Waals surface area contributed by atoms with Gasteiger partial charge in [-0.1, -0.05) is 135 Å². The van der Waals surface area contributed by atoms with Gasteiger partial charge >= 0.3 is 0 Å². The fraction of sp³-hybridized carbons (Fsp3) is 0.0652. The van der Waals surface area contributed by atoms with E-state index in [1.54, 1.807) is 0 Å². The smallest absolute Gasteiger partial charge is 0.137 e. The van der Waals surface area contributed by atoms with Gasteiger partial charge in [0.05, 0.1) is 11.0 Å². The highest BCUT2D eigenvalue weighted by molar-refractivity contribution is 6.22. The molecule has 226 valence electrons. The van der Waals surface area contributed by atoms with E-state index in [9.17, 15) is 0 Å². The standard InChI is InChI=1S/C46H32N2/c1-46(2)38-18-10-17-36(45(38)44-35-16-9-7-13-30(35)19-23-39(44)46)32-21-24-40-37(27-32)43-34-15-8-6-14-31(34)20-25-41(43)48(40)42-26-22-33(28-47-42)29-11-4-3-5-12-29/h3-28H,1-2H3. The predicted molar refractivity (Wildman–Crippen MR) is 202 cm³/mol. The molecule has 0 N–H and O–H groups in total. The second kappa shape index (κ2) is 10.0. The van der Waals surface area contributed by atoms with E-state index in [0.717, 1.165) is 22.4 Å². The monoisotopic (exact) mass is 612 g/mol. The Bertz CT molecular complexity index is 2730. The van der Waals surface area contributed by atoms with Gasteiger partial charge in [-0.05, 0) is 90.8 Å². The van der Waals surface area contributed by atoms with Crippen molar-refractivity contribution in [2.75, 3.05) is 0 Å². The van der Waals surface area contributed by atoms with Crippen molar-refractivity contribution in [2.24, 2.45) is 0 Å². The van der Waals surface area contributed by atoms with Crippen LogP contribution in [0.5, 0.6) is 0 Å². The number of pyridine rings is 1. The van der Waals surface area contributed by atoms with E-state index in [4.69, 9.17) is 4.98 Å². The number of aromatic nitrogens is 2. The molecule has 2 heterocycles. The van der Waals surface area contributed by atoms with Gasteiger partial charge in [-0.2, -0.15) is 0 Å². The Balaban J connectivity index is 1.24. The summed E-state index contributed by atoms with van der Waals surface area (Å²) in [6.45, 7) is 4.74. The number of hydrogen-bond acceptors (Lipinski definition) is 1. The molecule has 0 unspecified atom stereocenters. The average Bonchev–Trinajstić information content (AvgIpc) is 3.60. The second-order valence-corrected chi connectivity index (χ2v) is 13.6. The van der Waals surface area contributed by atoms with E-state index in [1.165, 1.54) is 71.3 Å². The third-order valence-corrected chi connectivity index (χ3v) is 10.6. The molecule has 0 saturated carbocycles. The lowest BCUT2D eigenvalue weighted by Gasteiger charge is -2.21. The van der Waals surface area contributed by atoms with Crippen LogP contribution in [0.2, 0.25) is 0 Å². The number of fused-ring (bicyclic) bond motifs is 10. The Labute approximate surface area is 279 Å². The first-order chi connectivity index (χ1) is 23.6. The van der Waals surface area contributed by atoms with Crippen molar-refractivity contribution in [3.05, 3.63) is 169 Å². The van der Waals surface area contributed by atoms with Crippen molar-refractivity contribution in [3.8, 4) is 39.2 Å². The lowest BCUT2D eigenvalue weighted by Crippen LogP contribution is -2.14. The molecule has 48 heavy (non-hydrogen) atoms. The summed E-state index contributed by atoms with van der Waals surface area (Å²) >= 11 is 0. The van der Waals surface area contributed by atoms with Crippen LogP contribution in [0.4, 0.5) is 0 Å². The molecule has 7 aromatic carbocycles. The summed E-state index contributed by atoms with van der Waals surface area (Å²) in [4.78, 5) is 5.04. The molecule has 9 aromatic rings. The maximum Gasteiger partial charge on any atom is 0.137 e. The van der Waals surface area contributed by atoms with Gasteiger partial charge in [-0.3, -0.25) is 4.57 Å². The lowest BCUT2D eigenvalue weighted by molar-refractivity contribution is 0.661. The molecule has 0 aliphatic heterocycles. The number of nitrogens with zero attached hydrogens (tertiary/aromatic N) is 2. The maximum atomic E-state index is 5.04. The van der Waals surface area contributed by atoms with E-state index in [1.807, 2.05) is 12.3 Å². The van der Waals surface area contributed by atoms with Crippen LogP contribution < -0.4 is 0 Å². The zero-order valence-corrected chi connectivity index (χ0v) is 26.9. The summed E-state index contributed by atoms with van der Waals surface area (Å²) in [6.07, 6.45) is 1.99. The molecule has 0 saturated heterocycles. The quantitative estimate of drug-likeness (QED) is 0.194. The minimum absolute atomic E-state index is 0.0847. The van der Waals surface area contributed by atoms with E-state index >= 15 is 0 Å². The Kier molecular flexibility index (Phi) is 5.66. The minimum atomic E-state index is -0.0847. The van der Waals surface area contributed by atoms with Gasteiger partial charge in [-0.15, -0.1) is 0 Å².